The van der Waals surface area contributed by atoms with Gasteiger partial charge >= 0.3 is 0 Å². The number of aromatic nitrogens is 1. The fourth-order valence-electron chi connectivity index (χ4n) is 3.92. The number of nitrogens with one attached hydrogen (secondary N) is 2. The van der Waals surface area contributed by atoms with Crippen LogP contribution in [0.3, 0.4) is 0 Å². The summed E-state index contributed by atoms with van der Waals surface area (Å²) in [5.41, 5.74) is 4.14. The van der Waals surface area contributed by atoms with Crippen molar-refractivity contribution in [3.8, 4) is 11.1 Å². The third-order valence-electron chi connectivity index (χ3n) is 5.38. The van der Waals surface area contributed by atoms with Gasteiger partial charge in [-0.2, -0.15) is 0 Å². The second kappa shape index (κ2) is 5.71. The van der Waals surface area contributed by atoms with Gasteiger partial charge in [0, 0.05) is 11.8 Å². The third-order valence-corrected chi connectivity index (χ3v) is 5.38. The van der Waals surface area contributed by atoms with E-state index < -0.39 is 5.41 Å². The average molecular weight is 321 g/mol. The van der Waals surface area contributed by atoms with E-state index in [-0.39, 0.29) is 5.91 Å². The zero-order valence-electron chi connectivity index (χ0n) is 14.2. The molecule has 2 aliphatic heterocycles. The zero-order chi connectivity index (χ0) is 16.7. The van der Waals surface area contributed by atoms with Crippen molar-refractivity contribution in [2.24, 2.45) is 0 Å². The SMILES string of the molecule is CC1(C)C(=O)Nc2nccc(-c3cccc(C4CCNCC4)c3)c21. The van der Waals surface area contributed by atoms with E-state index in [0.717, 1.165) is 24.2 Å². The predicted molar refractivity (Wildman–Crippen MR) is 96.2 cm³/mol. The first-order chi connectivity index (χ1) is 11.6. The van der Waals surface area contributed by atoms with Crippen molar-refractivity contribution in [3.63, 3.8) is 0 Å². The van der Waals surface area contributed by atoms with E-state index in [2.05, 4.69) is 39.9 Å². The Morgan fingerprint density at radius 2 is 1.96 bits per heavy atom. The van der Waals surface area contributed by atoms with Crippen molar-refractivity contribution < 1.29 is 4.79 Å². The summed E-state index contributed by atoms with van der Waals surface area (Å²) in [4.78, 5) is 16.7. The molecule has 1 aromatic heterocycles. The highest BCUT2D eigenvalue weighted by atomic mass is 16.2. The molecule has 2 aromatic rings. The molecule has 4 rings (SSSR count). The molecule has 124 valence electrons. The molecule has 0 unspecified atom stereocenters. The molecule has 4 heteroatoms. The third kappa shape index (κ3) is 2.42. The summed E-state index contributed by atoms with van der Waals surface area (Å²) in [7, 11) is 0. The van der Waals surface area contributed by atoms with Crippen LogP contribution in [0.25, 0.3) is 11.1 Å². The van der Waals surface area contributed by atoms with Crippen LogP contribution in [-0.4, -0.2) is 24.0 Å². The standard InChI is InChI=1S/C20H23N3O/c1-20(2)17-16(8-11-22-18(17)23-19(20)24)15-5-3-4-14(12-15)13-6-9-21-10-7-13/h3-5,8,11-13,21H,6-7,9-10H2,1-2H3,(H,22,23,24). The van der Waals surface area contributed by atoms with Gasteiger partial charge in [0.2, 0.25) is 5.91 Å². The van der Waals surface area contributed by atoms with Crippen LogP contribution in [0.4, 0.5) is 5.82 Å². The van der Waals surface area contributed by atoms with E-state index in [4.69, 9.17) is 0 Å². The topological polar surface area (TPSA) is 54.0 Å². The Labute approximate surface area is 142 Å². The maximum atomic E-state index is 12.3. The number of carbonyl (C=O) groups excluding carboxylic acids is 1. The fraction of sp³-hybridized carbons (Fsp3) is 0.400. The van der Waals surface area contributed by atoms with E-state index in [0.29, 0.717) is 11.7 Å². The number of hydrogen-bond donors (Lipinski definition) is 2. The van der Waals surface area contributed by atoms with Gasteiger partial charge in [-0.05, 0) is 68.5 Å². The number of benzene rings is 1. The predicted octanol–water partition coefficient (Wildman–Crippen LogP) is 3.45. The Morgan fingerprint density at radius 1 is 1.17 bits per heavy atom. The number of rotatable bonds is 2. The first-order valence-electron chi connectivity index (χ1n) is 8.69. The van der Waals surface area contributed by atoms with Gasteiger partial charge in [-0.25, -0.2) is 4.98 Å². The molecule has 1 amide bonds. The highest BCUT2D eigenvalue weighted by Gasteiger charge is 2.41. The average Bonchev–Trinajstić information content (AvgIpc) is 2.85. The molecule has 2 N–H and O–H groups in total. The fourth-order valence-corrected chi connectivity index (χ4v) is 3.92. The van der Waals surface area contributed by atoms with Crippen molar-refractivity contribution >= 4 is 11.7 Å². The summed E-state index contributed by atoms with van der Waals surface area (Å²) in [6.45, 7) is 6.11. The summed E-state index contributed by atoms with van der Waals surface area (Å²) in [6, 6.07) is 10.8. The summed E-state index contributed by atoms with van der Waals surface area (Å²) in [5.74, 6) is 1.34. The van der Waals surface area contributed by atoms with Crippen LogP contribution < -0.4 is 10.6 Å². The molecule has 0 saturated carbocycles. The van der Waals surface area contributed by atoms with Gasteiger partial charge in [0.15, 0.2) is 0 Å². The maximum Gasteiger partial charge on any atom is 0.235 e. The number of piperidine rings is 1. The van der Waals surface area contributed by atoms with Gasteiger partial charge in [0.1, 0.15) is 5.82 Å². The Balaban J connectivity index is 1.79. The molecule has 0 aliphatic carbocycles. The lowest BCUT2D eigenvalue weighted by molar-refractivity contribution is -0.119. The molecule has 0 spiro atoms. The van der Waals surface area contributed by atoms with E-state index in [1.807, 2.05) is 19.9 Å². The highest BCUT2D eigenvalue weighted by molar-refractivity contribution is 6.06. The lowest BCUT2D eigenvalue weighted by Crippen LogP contribution is -2.27. The maximum absolute atomic E-state index is 12.3. The number of carbonyl (C=O) groups is 1. The second-order valence-electron chi connectivity index (χ2n) is 7.31. The zero-order valence-corrected chi connectivity index (χ0v) is 14.2. The van der Waals surface area contributed by atoms with Crippen molar-refractivity contribution in [1.29, 1.82) is 0 Å². The van der Waals surface area contributed by atoms with Gasteiger partial charge in [-0.15, -0.1) is 0 Å². The number of nitrogens with zero attached hydrogens (tertiary/aromatic N) is 1. The van der Waals surface area contributed by atoms with Gasteiger partial charge in [0.05, 0.1) is 5.41 Å². The van der Waals surface area contributed by atoms with Crippen LogP contribution in [0.2, 0.25) is 0 Å². The summed E-state index contributed by atoms with van der Waals surface area (Å²) < 4.78 is 0. The second-order valence-corrected chi connectivity index (χ2v) is 7.31. The molecule has 0 radical (unpaired) electrons. The summed E-state index contributed by atoms with van der Waals surface area (Å²) >= 11 is 0. The van der Waals surface area contributed by atoms with Gasteiger partial charge in [-0.1, -0.05) is 24.3 Å². The number of anilines is 1. The normalized spacial score (nSPS) is 19.8. The molecule has 4 nitrogen and oxygen atoms in total. The van der Waals surface area contributed by atoms with Crippen molar-refractivity contribution in [3.05, 3.63) is 47.7 Å². The van der Waals surface area contributed by atoms with Crippen LogP contribution in [0.15, 0.2) is 36.5 Å². The summed E-state index contributed by atoms with van der Waals surface area (Å²) in [6.07, 6.45) is 4.15. The lowest BCUT2D eigenvalue weighted by Gasteiger charge is -2.24. The molecule has 1 aromatic carbocycles. The van der Waals surface area contributed by atoms with Gasteiger partial charge in [-0.3, -0.25) is 4.79 Å². The number of pyridine rings is 1. The van der Waals surface area contributed by atoms with Crippen LogP contribution in [0.5, 0.6) is 0 Å². The Morgan fingerprint density at radius 3 is 2.75 bits per heavy atom. The minimum absolute atomic E-state index is 0.0203. The minimum Gasteiger partial charge on any atom is -0.317 e. The lowest BCUT2D eigenvalue weighted by atomic mass is 9.81. The largest absolute Gasteiger partial charge is 0.317 e. The molecule has 0 atom stereocenters. The van der Waals surface area contributed by atoms with Crippen LogP contribution in [-0.2, 0) is 10.2 Å². The van der Waals surface area contributed by atoms with Gasteiger partial charge < -0.3 is 10.6 Å². The smallest absolute Gasteiger partial charge is 0.235 e. The molecule has 2 aliphatic rings. The molecule has 1 saturated heterocycles. The van der Waals surface area contributed by atoms with Gasteiger partial charge in [0.25, 0.3) is 0 Å². The first-order valence-corrected chi connectivity index (χ1v) is 8.69. The van der Waals surface area contributed by atoms with Crippen LogP contribution in [0.1, 0.15) is 43.7 Å². The van der Waals surface area contributed by atoms with Crippen molar-refractivity contribution in [1.82, 2.24) is 10.3 Å². The van der Waals surface area contributed by atoms with E-state index >= 15 is 0 Å². The highest BCUT2D eigenvalue weighted by Crippen LogP contribution is 2.42. The summed E-state index contributed by atoms with van der Waals surface area (Å²) in [5, 5.41) is 6.34. The Hall–Kier alpha value is -2.20. The molecule has 1 fully saturated rings. The van der Waals surface area contributed by atoms with E-state index in [1.165, 1.54) is 24.0 Å². The Bertz CT molecular complexity index is 791. The van der Waals surface area contributed by atoms with E-state index in [9.17, 15) is 4.79 Å². The number of fused-ring (bicyclic) bond motifs is 1. The van der Waals surface area contributed by atoms with Crippen LogP contribution in [0, 0.1) is 0 Å². The number of hydrogen-bond acceptors (Lipinski definition) is 3. The first kappa shape index (κ1) is 15.3. The minimum atomic E-state index is -0.552. The molecule has 0 bridgehead atoms. The number of amides is 1. The molecule has 3 heterocycles. The molecule has 24 heavy (non-hydrogen) atoms. The molecular weight excluding hydrogens is 298 g/mol. The van der Waals surface area contributed by atoms with Crippen molar-refractivity contribution in [2.75, 3.05) is 18.4 Å². The molecular formula is C20H23N3O. The van der Waals surface area contributed by atoms with Crippen molar-refractivity contribution in [2.45, 2.75) is 38.0 Å². The quantitative estimate of drug-likeness (QED) is 0.891. The monoisotopic (exact) mass is 321 g/mol. The Kier molecular flexibility index (Phi) is 3.65. The van der Waals surface area contributed by atoms with Crippen LogP contribution >= 0.6 is 0 Å². The van der Waals surface area contributed by atoms with E-state index in [1.54, 1.807) is 6.20 Å².